The highest BCUT2D eigenvalue weighted by molar-refractivity contribution is 5.17. The molecule has 2 heteroatoms. The maximum Gasteiger partial charge on any atom is 0.123 e. The molecule has 0 radical (unpaired) electrons. The fourth-order valence-corrected chi connectivity index (χ4v) is 2.08. The van der Waals surface area contributed by atoms with Crippen molar-refractivity contribution < 1.29 is 4.39 Å². The second-order valence-electron chi connectivity index (χ2n) is 4.83. The summed E-state index contributed by atoms with van der Waals surface area (Å²) < 4.78 is 12.8. The van der Waals surface area contributed by atoms with E-state index < -0.39 is 0 Å². The van der Waals surface area contributed by atoms with Crippen LogP contribution in [0.2, 0.25) is 0 Å². The van der Waals surface area contributed by atoms with E-state index in [9.17, 15) is 4.39 Å². The van der Waals surface area contributed by atoms with Gasteiger partial charge >= 0.3 is 0 Å². The molecule has 1 N–H and O–H groups in total. The van der Waals surface area contributed by atoms with Crippen LogP contribution < -0.4 is 5.32 Å². The van der Waals surface area contributed by atoms with Gasteiger partial charge in [0.1, 0.15) is 5.82 Å². The lowest BCUT2D eigenvalue weighted by Gasteiger charge is -2.21. The molecule has 0 amide bonds. The highest BCUT2D eigenvalue weighted by Crippen LogP contribution is 2.14. The van der Waals surface area contributed by atoms with E-state index in [0.29, 0.717) is 6.04 Å². The molecule has 0 aliphatic heterocycles. The number of rotatable bonds is 7. The van der Waals surface area contributed by atoms with Gasteiger partial charge in [-0.1, -0.05) is 39.3 Å². The lowest BCUT2D eigenvalue weighted by atomic mass is 9.94. The summed E-state index contributed by atoms with van der Waals surface area (Å²) in [7, 11) is 0. The van der Waals surface area contributed by atoms with Crippen molar-refractivity contribution in [2.75, 3.05) is 6.54 Å². The van der Waals surface area contributed by atoms with E-state index in [4.69, 9.17) is 0 Å². The third-order valence-electron chi connectivity index (χ3n) is 3.27. The molecule has 0 saturated heterocycles. The van der Waals surface area contributed by atoms with Crippen molar-refractivity contribution in [1.29, 1.82) is 0 Å². The fraction of sp³-hybridized carbons (Fsp3) is 0.600. The SMILES string of the molecule is CCNC(Cc1ccc(F)cc1)CC(C)CC. The predicted octanol–water partition coefficient (Wildman–Crippen LogP) is 3.78. The van der Waals surface area contributed by atoms with Crippen LogP contribution >= 0.6 is 0 Å². The monoisotopic (exact) mass is 237 g/mol. The largest absolute Gasteiger partial charge is 0.314 e. The predicted molar refractivity (Wildman–Crippen MR) is 71.6 cm³/mol. The van der Waals surface area contributed by atoms with E-state index in [1.165, 1.54) is 18.4 Å². The summed E-state index contributed by atoms with van der Waals surface area (Å²) in [6, 6.07) is 7.36. The smallest absolute Gasteiger partial charge is 0.123 e. The van der Waals surface area contributed by atoms with Gasteiger partial charge in [-0.15, -0.1) is 0 Å². The third kappa shape index (κ3) is 5.31. The van der Waals surface area contributed by atoms with E-state index in [2.05, 4.69) is 26.1 Å². The highest BCUT2D eigenvalue weighted by atomic mass is 19.1. The number of halogens is 1. The van der Waals surface area contributed by atoms with E-state index >= 15 is 0 Å². The molecule has 0 fully saturated rings. The van der Waals surface area contributed by atoms with Crippen LogP contribution in [0.5, 0.6) is 0 Å². The fourth-order valence-electron chi connectivity index (χ4n) is 2.08. The first-order valence-corrected chi connectivity index (χ1v) is 6.63. The minimum atomic E-state index is -0.157. The Morgan fingerprint density at radius 3 is 2.35 bits per heavy atom. The van der Waals surface area contributed by atoms with E-state index in [1.54, 1.807) is 12.1 Å². The molecule has 96 valence electrons. The van der Waals surface area contributed by atoms with Gasteiger partial charge in [-0.3, -0.25) is 0 Å². The molecule has 1 rings (SSSR count). The average Bonchev–Trinajstić information content (AvgIpc) is 2.32. The van der Waals surface area contributed by atoms with Crippen LogP contribution in [-0.4, -0.2) is 12.6 Å². The van der Waals surface area contributed by atoms with Crippen molar-refractivity contribution in [3.05, 3.63) is 35.6 Å². The molecule has 0 aliphatic rings. The van der Waals surface area contributed by atoms with Gasteiger partial charge in [-0.05, 0) is 43.0 Å². The van der Waals surface area contributed by atoms with E-state index in [0.717, 1.165) is 18.9 Å². The second kappa shape index (κ2) is 7.44. The van der Waals surface area contributed by atoms with Gasteiger partial charge in [0.05, 0.1) is 0 Å². The molecule has 0 bridgehead atoms. The van der Waals surface area contributed by atoms with Gasteiger partial charge < -0.3 is 5.32 Å². The Hall–Kier alpha value is -0.890. The molecule has 2 unspecified atom stereocenters. The molecule has 1 aromatic rings. The summed E-state index contributed by atoms with van der Waals surface area (Å²) in [5.74, 6) is 0.579. The van der Waals surface area contributed by atoms with Crippen LogP contribution in [0, 0.1) is 11.7 Å². The van der Waals surface area contributed by atoms with Gasteiger partial charge in [-0.25, -0.2) is 4.39 Å². The summed E-state index contributed by atoms with van der Waals surface area (Å²) in [6.45, 7) is 7.64. The van der Waals surface area contributed by atoms with Crippen molar-refractivity contribution in [3.8, 4) is 0 Å². The van der Waals surface area contributed by atoms with Crippen LogP contribution in [-0.2, 0) is 6.42 Å². The molecule has 0 saturated carbocycles. The Morgan fingerprint density at radius 2 is 1.82 bits per heavy atom. The molecule has 0 spiro atoms. The van der Waals surface area contributed by atoms with Crippen LogP contribution in [0.1, 0.15) is 39.2 Å². The van der Waals surface area contributed by atoms with Crippen LogP contribution in [0.25, 0.3) is 0 Å². The summed E-state index contributed by atoms with van der Waals surface area (Å²) in [5, 5.41) is 3.52. The third-order valence-corrected chi connectivity index (χ3v) is 3.27. The summed E-state index contributed by atoms with van der Waals surface area (Å²) in [6.07, 6.45) is 3.38. The van der Waals surface area contributed by atoms with Crippen LogP contribution in [0.15, 0.2) is 24.3 Å². The summed E-state index contributed by atoms with van der Waals surface area (Å²) >= 11 is 0. The van der Waals surface area contributed by atoms with Crippen LogP contribution in [0.4, 0.5) is 4.39 Å². The number of likely N-dealkylation sites (N-methyl/N-ethyl adjacent to an activating group) is 1. The van der Waals surface area contributed by atoms with Crippen molar-refractivity contribution in [2.24, 2.45) is 5.92 Å². The van der Waals surface area contributed by atoms with Crippen molar-refractivity contribution in [3.63, 3.8) is 0 Å². The normalized spacial score (nSPS) is 14.6. The van der Waals surface area contributed by atoms with Gasteiger partial charge in [0.2, 0.25) is 0 Å². The first kappa shape index (κ1) is 14.2. The zero-order chi connectivity index (χ0) is 12.7. The zero-order valence-electron chi connectivity index (χ0n) is 11.2. The Kier molecular flexibility index (Phi) is 6.20. The number of hydrogen-bond donors (Lipinski definition) is 1. The molecule has 0 aliphatic carbocycles. The molecule has 1 aromatic carbocycles. The van der Waals surface area contributed by atoms with Crippen LogP contribution in [0.3, 0.4) is 0 Å². The molecule has 0 aromatic heterocycles. The quantitative estimate of drug-likeness (QED) is 0.761. The molecule has 2 atom stereocenters. The first-order chi connectivity index (χ1) is 8.15. The topological polar surface area (TPSA) is 12.0 Å². The Labute approximate surface area is 104 Å². The second-order valence-corrected chi connectivity index (χ2v) is 4.83. The lowest BCUT2D eigenvalue weighted by molar-refractivity contribution is 0.397. The minimum absolute atomic E-state index is 0.157. The number of benzene rings is 1. The Bertz CT molecular complexity index is 307. The maximum atomic E-state index is 12.8. The van der Waals surface area contributed by atoms with Crippen molar-refractivity contribution in [1.82, 2.24) is 5.32 Å². The highest BCUT2D eigenvalue weighted by Gasteiger charge is 2.11. The van der Waals surface area contributed by atoms with Gasteiger partial charge in [0.25, 0.3) is 0 Å². The first-order valence-electron chi connectivity index (χ1n) is 6.63. The lowest BCUT2D eigenvalue weighted by Crippen LogP contribution is -2.32. The van der Waals surface area contributed by atoms with Crippen molar-refractivity contribution in [2.45, 2.75) is 46.1 Å². The van der Waals surface area contributed by atoms with E-state index in [-0.39, 0.29) is 5.82 Å². The van der Waals surface area contributed by atoms with Gasteiger partial charge in [0, 0.05) is 6.04 Å². The molecular formula is C15H24FN. The number of hydrogen-bond acceptors (Lipinski definition) is 1. The zero-order valence-corrected chi connectivity index (χ0v) is 11.2. The molecule has 17 heavy (non-hydrogen) atoms. The number of nitrogens with one attached hydrogen (secondary N) is 1. The summed E-state index contributed by atoms with van der Waals surface area (Å²) in [4.78, 5) is 0. The Morgan fingerprint density at radius 1 is 1.18 bits per heavy atom. The van der Waals surface area contributed by atoms with Gasteiger partial charge in [-0.2, -0.15) is 0 Å². The minimum Gasteiger partial charge on any atom is -0.314 e. The van der Waals surface area contributed by atoms with E-state index in [1.807, 2.05) is 12.1 Å². The standard InChI is InChI=1S/C15H24FN/c1-4-12(3)10-15(17-5-2)11-13-6-8-14(16)9-7-13/h6-9,12,15,17H,4-5,10-11H2,1-3H3. The summed E-state index contributed by atoms with van der Waals surface area (Å²) in [5.41, 5.74) is 1.21. The Balaban J connectivity index is 2.56. The van der Waals surface area contributed by atoms with Crippen molar-refractivity contribution >= 4 is 0 Å². The molecule has 1 nitrogen and oxygen atoms in total. The molecular weight excluding hydrogens is 213 g/mol. The van der Waals surface area contributed by atoms with Gasteiger partial charge in [0.15, 0.2) is 0 Å². The average molecular weight is 237 g/mol. The molecule has 0 heterocycles. The maximum absolute atomic E-state index is 12.8.